The van der Waals surface area contributed by atoms with Gasteiger partial charge in [-0.2, -0.15) is 0 Å². The maximum Gasteiger partial charge on any atom is 0.129 e. The fourth-order valence-corrected chi connectivity index (χ4v) is 2.48. The molecule has 0 aromatic heterocycles. The van der Waals surface area contributed by atoms with Crippen LogP contribution in [0.2, 0.25) is 0 Å². The van der Waals surface area contributed by atoms with E-state index in [0.717, 1.165) is 11.1 Å². The molecule has 0 saturated heterocycles. The minimum absolute atomic E-state index is 0.219. The Morgan fingerprint density at radius 2 is 1.37 bits per heavy atom. The second kappa shape index (κ2) is 5.30. The van der Waals surface area contributed by atoms with Gasteiger partial charge in [0, 0.05) is 0 Å². The van der Waals surface area contributed by atoms with E-state index in [4.69, 9.17) is 11.6 Å². The molecule has 0 fully saturated rings. The molecular formula is C16H15ClF2. The van der Waals surface area contributed by atoms with E-state index in [1.807, 2.05) is 13.0 Å². The van der Waals surface area contributed by atoms with Gasteiger partial charge in [0.25, 0.3) is 0 Å². The molecule has 0 amide bonds. The molecule has 0 bridgehead atoms. The molecule has 0 heterocycles. The van der Waals surface area contributed by atoms with Crippen molar-refractivity contribution in [2.24, 2.45) is 0 Å². The summed E-state index contributed by atoms with van der Waals surface area (Å²) in [4.78, 5) is 0. The first-order valence-corrected chi connectivity index (χ1v) is 6.50. The SMILES string of the molecule is Cc1cc(F)cc(C(Cl)c2cc(C)c(F)c(C)c2)c1. The molecule has 19 heavy (non-hydrogen) atoms. The number of aryl methyl sites for hydroxylation is 3. The van der Waals surface area contributed by atoms with Crippen molar-refractivity contribution < 1.29 is 8.78 Å². The molecule has 3 heteroatoms. The van der Waals surface area contributed by atoms with E-state index < -0.39 is 5.38 Å². The normalized spacial score (nSPS) is 12.5. The zero-order chi connectivity index (χ0) is 14.2. The standard InChI is InChI=1S/C16H15ClF2/c1-9-4-12(8-14(18)5-9)15(17)13-6-10(2)16(19)11(3)7-13/h4-8,15H,1-3H3. The summed E-state index contributed by atoms with van der Waals surface area (Å²) < 4.78 is 27.0. The van der Waals surface area contributed by atoms with Gasteiger partial charge in [0.05, 0.1) is 5.38 Å². The molecule has 0 nitrogen and oxygen atoms in total. The van der Waals surface area contributed by atoms with Crippen LogP contribution in [0.3, 0.4) is 0 Å². The molecule has 1 atom stereocenters. The summed E-state index contributed by atoms with van der Waals surface area (Å²) in [6.07, 6.45) is 0. The summed E-state index contributed by atoms with van der Waals surface area (Å²) in [5, 5.41) is -0.479. The first kappa shape index (κ1) is 14.0. The van der Waals surface area contributed by atoms with Gasteiger partial charge < -0.3 is 0 Å². The highest BCUT2D eigenvalue weighted by Gasteiger charge is 2.15. The van der Waals surface area contributed by atoms with E-state index in [-0.39, 0.29) is 11.6 Å². The van der Waals surface area contributed by atoms with Crippen LogP contribution in [0.25, 0.3) is 0 Å². The number of alkyl halides is 1. The number of benzene rings is 2. The lowest BCUT2D eigenvalue weighted by Gasteiger charge is -2.14. The van der Waals surface area contributed by atoms with Crippen LogP contribution >= 0.6 is 11.6 Å². The Morgan fingerprint density at radius 1 is 0.842 bits per heavy atom. The lowest BCUT2D eigenvalue weighted by atomic mass is 9.98. The second-order valence-electron chi connectivity index (χ2n) is 4.89. The van der Waals surface area contributed by atoms with Crippen molar-refractivity contribution in [1.82, 2.24) is 0 Å². The van der Waals surface area contributed by atoms with Crippen LogP contribution in [-0.4, -0.2) is 0 Å². The molecular weight excluding hydrogens is 266 g/mol. The summed E-state index contributed by atoms with van der Waals surface area (Å²) in [5.74, 6) is -0.528. The average Bonchev–Trinajstić information content (AvgIpc) is 2.33. The second-order valence-corrected chi connectivity index (χ2v) is 5.33. The average molecular weight is 281 g/mol. The molecule has 1 unspecified atom stereocenters. The zero-order valence-electron chi connectivity index (χ0n) is 11.1. The van der Waals surface area contributed by atoms with Crippen LogP contribution in [0.5, 0.6) is 0 Å². The van der Waals surface area contributed by atoms with Crippen LogP contribution in [-0.2, 0) is 0 Å². The van der Waals surface area contributed by atoms with Gasteiger partial charge in [-0.3, -0.25) is 0 Å². The summed E-state index contributed by atoms with van der Waals surface area (Å²) in [7, 11) is 0. The number of rotatable bonds is 2. The first-order chi connectivity index (χ1) is 8.88. The van der Waals surface area contributed by atoms with Crippen molar-refractivity contribution in [2.45, 2.75) is 26.1 Å². The van der Waals surface area contributed by atoms with Crippen LogP contribution in [0, 0.1) is 32.4 Å². The van der Waals surface area contributed by atoms with Gasteiger partial charge in [-0.1, -0.05) is 18.2 Å². The van der Waals surface area contributed by atoms with Crippen molar-refractivity contribution in [1.29, 1.82) is 0 Å². The topological polar surface area (TPSA) is 0 Å². The van der Waals surface area contributed by atoms with E-state index in [1.54, 1.807) is 26.0 Å². The number of hydrogen-bond donors (Lipinski definition) is 0. The lowest BCUT2D eigenvalue weighted by molar-refractivity contribution is 0.608. The highest BCUT2D eigenvalue weighted by molar-refractivity contribution is 6.22. The zero-order valence-corrected chi connectivity index (χ0v) is 11.9. The molecule has 2 aromatic rings. The molecule has 0 spiro atoms. The Morgan fingerprint density at radius 3 is 1.89 bits per heavy atom. The maximum atomic E-state index is 13.6. The third-order valence-electron chi connectivity index (χ3n) is 3.11. The molecule has 0 aliphatic rings. The quantitative estimate of drug-likeness (QED) is 0.662. The fraction of sp³-hybridized carbons (Fsp3) is 0.250. The van der Waals surface area contributed by atoms with Gasteiger partial charge in [-0.15, -0.1) is 11.6 Å². The van der Waals surface area contributed by atoms with Gasteiger partial charge in [-0.05, 0) is 60.7 Å². The highest BCUT2D eigenvalue weighted by atomic mass is 35.5. The maximum absolute atomic E-state index is 13.6. The Hall–Kier alpha value is -1.41. The monoisotopic (exact) mass is 280 g/mol. The molecule has 100 valence electrons. The van der Waals surface area contributed by atoms with E-state index in [0.29, 0.717) is 16.7 Å². The van der Waals surface area contributed by atoms with E-state index >= 15 is 0 Å². The van der Waals surface area contributed by atoms with Crippen molar-refractivity contribution in [3.8, 4) is 0 Å². The summed E-state index contributed by atoms with van der Waals surface area (Å²) in [6.45, 7) is 5.22. The van der Waals surface area contributed by atoms with Gasteiger partial charge in [-0.25, -0.2) is 8.78 Å². The predicted octanol–water partition coefficient (Wildman–Crippen LogP) is 5.22. The van der Waals surface area contributed by atoms with Gasteiger partial charge in [0.2, 0.25) is 0 Å². The van der Waals surface area contributed by atoms with E-state index in [9.17, 15) is 8.78 Å². The predicted molar refractivity (Wildman–Crippen MR) is 74.7 cm³/mol. The van der Waals surface area contributed by atoms with Crippen molar-refractivity contribution >= 4 is 11.6 Å². The third kappa shape index (κ3) is 2.95. The number of hydrogen-bond acceptors (Lipinski definition) is 0. The molecule has 0 N–H and O–H groups in total. The van der Waals surface area contributed by atoms with E-state index in [2.05, 4.69) is 0 Å². The molecule has 0 aliphatic carbocycles. The summed E-state index contributed by atoms with van der Waals surface area (Å²) >= 11 is 6.38. The molecule has 2 rings (SSSR count). The van der Waals surface area contributed by atoms with Crippen molar-refractivity contribution in [3.05, 3.63) is 69.8 Å². The third-order valence-corrected chi connectivity index (χ3v) is 3.61. The number of halogens is 3. The van der Waals surface area contributed by atoms with Gasteiger partial charge in [0.15, 0.2) is 0 Å². The van der Waals surface area contributed by atoms with Crippen LogP contribution in [0.4, 0.5) is 8.78 Å². The fourth-order valence-electron chi connectivity index (χ4n) is 2.23. The molecule has 0 saturated carbocycles. The van der Waals surface area contributed by atoms with Gasteiger partial charge >= 0.3 is 0 Å². The summed E-state index contributed by atoms with van der Waals surface area (Å²) in [5.41, 5.74) is 3.38. The Bertz CT molecular complexity index is 577. The van der Waals surface area contributed by atoms with Crippen LogP contribution in [0.1, 0.15) is 33.2 Å². The van der Waals surface area contributed by atoms with Crippen LogP contribution < -0.4 is 0 Å². The minimum atomic E-state index is -0.479. The Balaban J connectivity index is 2.46. The molecule has 2 aromatic carbocycles. The summed E-state index contributed by atoms with van der Waals surface area (Å²) in [6, 6.07) is 8.13. The minimum Gasteiger partial charge on any atom is -0.207 e. The lowest BCUT2D eigenvalue weighted by Crippen LogP contribution is -1.99. The molecule has 0 aliphatic heterocycles. The van der Waals surface area contributed by atoms with E-state index in [1.165, 1.54) is 12.1 Å². The van der Waals surface area contributed by atoms with Crippen molar-refractivity contribution in [2.75, 3.05) is 0 Å². The largest absolute Gasteiger partial charge is 0.207 e. The molecule has 0 radical (unpaired) electrons. The Labute approximate surface area is 117 Å². The first-order valence-electron chi connectivity index (χ1n) is 6.06. The smallest absolute Gasteiger partial charge is 0.129 e. The van der Waals surface area contributed by atoms with Crippen molar-refractivity contribution in [3.63, 3.8) is 0 Å². The van der Waals surface area contributed by atoms with Gasteiger partial charge in [0.1, 0.15) is 11.6 Å². The Kier molecular flexibility index (Phi) is 3.91. The van der Waals surface area contributed by atoms with Crippen LogP contribution in [0.15, 0.2) is 30.3 Å². The highest BCUT2D eigenvalue weighted by Crippen LogP contribution is 2.31.